The number of anilines is 1. The number of hydrogen-bond donors (Lipinski definition) is 2. The monoisotopic (exact) mass is 269 g/mol. The van der Waals surface area contributed by atoms with Crippen LogP contribution < -0.4 is 11.5 Å². The van der Waals surface area contributed by atoms with Crippen LogP contribution in [0.4, 0.5) is 10.1 Å². The molecule has 1 aliphatic heterocycles. The summed E-state index contributed by atoms with van der Waals surface area (Å²) in [7, 11) is 0. The number of halogens is 2. The molecule has 0 radical (unpaired) electrons. The summed E-state index contributed by atoms with van der Waals surface area (Å²) < 4.78 is 19.0. The molecule has 0 saturated heterocycles. The van der Waals surface area contributed by atoms with E-state index < -0.39 is 12.2 Å². The van der Waals surface area contributed by atoms with Gasteiger partial charge in [-0.1, -0.05) is 11.6 Å². The Labute approximate surface area is 109 Å². The number of nitrogen functional groups attached to an aromatic ring is 1. The van der Waals surface area contributed by atoms with Crippen LogP contribution in [0.5, 0.6) is 0 Å². The Morgan fingerprint density at radius 3 is 3.00 bits per heavy atom. The topological polar surface area (TPSA) is 73.6 Å². The molecule has 6 heteroatoms. The number of rotatable bonds is 2. The molecule has 3 atom stereocenters. The maximum Gasteiger partial charge on any atom is 0.283 e. The van der Waals surface area contributed by atoms with Crippen molar-refractivity contribution >= 4 is 23.3 Å². The molecular formula is C12H13ClFN3O. The second-order valence-corrected chi connectivity index (χ2v) is 5.15. The molecule has 1 fully saturated rings. The number of ether oxygens (including phenoxy) is 1. The third-order valence-electron chi connectivity index (χ3n) is 3.59. The summed E-state index contributed by atoms with van der Waals surface area (Å²) in [6, 6.07) is 5.01. The first-order valence-electron chi connectivity index (χ1n) is 5.70. The maximum absolute atomic E-state index is 13.7. The Balaban J connectivity index is 2.16. The van der Waals surface area contributed by atoms with Gasteiger partial charge in [0.1, 0.15) is 18.3 Å². The fourth-order valence-corrected chi connectivity index (χ4v) is 2.88. The van der Waals surface area contributed by atoms with Gasteiger partial charge in [0.15, 0.2) is 0 Å². The molecule has 0 amide bonds. The average Bonchev–Trinajstić information content (AvgIpc) is 3.10. The SMILES string of the molecule is NC1=N[C@](CF)(c2cc(N)ccc2Cl)[C@H]2C[C@H]2O1. The molecule has 1 saturated carbocycles. The van der Waals surface area contributed by atoms with Crippen LogP contribution in [0.15, 0.2) is 23.2 Å². The van der Waals surface area contributed by atoms with E-state index in [4.69, 9.17) is 27.8 Å². The van der Waals surface area contributed by atoms with Crippen LogP contribution in [0, 0.1) is 5.92 Å². The van der Waals surface area contributed by atoms with Gasteiger partial charge in [-0.2, -0.15) is 0 Å². The molecule has 4 N–H and O–H groups in total. The summed E-state index contributed by atoms with van der Waals surface area (Å²) in [6.45, 7) is -0.665. The molecular weight excluding hydrogens is 257 g/mol. The molecule has 3 rings (SSSR count). The number of hydrogen-bond acceptors (Lipinski definition) is 4. The van der Waals surface area contributed by atoms with Crippen molar-refractivity contribution in [3.8, 4) is 0 Å². The van der Waals surface area contributed by atoms with E-state index in [1.165, 1.54) is 0 Å². The van der Waals surface area contributed by atoms with E-state index in [0.717, 1.165) is 6.42 Å². The standard InChI is InChI=1S/C12H13ClFN3O/c13-9-2-1-6(15)3-7(9)12(5-14)8-4-10(8)18-11(16)17-12/h1-3,8,10H,4-5,15H2,(H2,16,17)/t8-,10+,12+/m0/s1. The van der Waals surface area contributed by atoms with Crippen LogP contribution in [0.25, 0.3) is 0 Å². The van der Waals surface area contributed by atoms with E-state index in [-0.39, 0.29) is 18.0 Å². The minimum Gasteiger partial charge on any atom is -0.462 e. The molecule has 0 bridgehead atoms. The third kappa shape index (κ3) is 1.54. The van der Waals surface area contributed by atoms with Crippen molar-refractivity contribution in [2.24, 2.45) is 16.6 Å². The molecule has 1 aliphatic carbocycles. The zero-order valence-electron chi connectivity index (χ0n) is 9.57. The Hall–Kier alpha value is -1.49. The number of fused-ring (bicyclic) bond motifs is 1. The normalized spacial score (nSPS) is 33.3. The molecule has 2 aliphatic rings. The van der Waals surface area contributed by atoms with Crippen LogP contribution in [0.3, 0.4) is 0 Å². The molecule has 18 heavy (non-hydrogen) atoms. The highest BCUT2D eigenvalue weighted by Gasteiger charge is 2.59. The van der Waals surface area contributed by atoms with Gasteiger partial charge in [-0.25, -0.2) is 9.38 Å². The Morgan fingerprint density at radius 2 is 2.28 bits per heavy atom. The molecule has 1 aromatic carbocycles. The van der Waals surface area contributed by atoms with Crippen molar-refractivity contribution in [3.63, 3.8) is 0 Å². The van der Waals surface area contributed by atoms with Crippen LogP contribution in [-0.2, 0) is 10.3 Å². The lowest BCUT2D eigenvalue weighted by Gasteiger charge is -2.31. The van der Waals surface area contributed by atoms with E-state index in [0.29, 0.717) is 16.3 Å². The average molecular weight is 270 g/mol. The largest absolute Gasteiger partial charge is 0.462 e. The highest BCUT2D eigenvalue weighted by atomic mass is 35.5. The lowest BCUT2D eigenvalue weighted by atomic mass is 9.86. The fraction of sp³-hybridized carbons (Fsp3) is 0.417. The second kappa shape index (κ2) is 3.75. The van der Waals surface area contributed by atoms with E-state index in [9.17, 15) is 4.39 Å². The van der Waals surface area contributed by atoms with Gasteiger partial charge in [0.25, 0.3) is 6.02 Å². The third-order valence-corrected chi connectivity index (χ3v) is 3.92. The van der Waals surface area contributed by atoms with Crippen molar-refractivity contribution in [3.05, 3.63) is 28.8 Å². The first-order chi connectivity index (χ1) is 8.56. The first kappa shape index (κ1) is 11.6. The van der Waals surface area contributed by atoms with Gasteiger partial charge in [0.2, 0.25) is 0 Å². The van der Waals surface area contributed by atoms with Gasteiger partial charge in [-0.15, -0.1) is 0 Å². The smallest absolute Gasteiger partial charge is 0.283 e. The first-order valence-corrected chi connectivity index (χ1v) is 6.08. The molecule has 0 spiro atoms. The van der Waals surface area contributed by atoms with Crippen LogP contribution in [0.1, 0.15) is 12.0 Å². The zero-order chi connectivity index (χ0) is 12.9. The highest BCUT2D eigenvalue weighted by Crippen LogP contribution is 2.54. The fourth-order valence-electron chi connectivity index (χ4n) is 2.60. The Morgan fingerprint density at radius 1 is 1.50 bits per heavy atom. The van der Waals surface area contributed by atoms with Crippen molar-refractivity contribution in [2.75, 3.05) is 12.4 Å². The lowest BCUT2D eigenvalue weighted by molar-refractivity contribution is 0.171. The number of aliphatic imine (C=N–C) groups is 1. The van der Waals surface area contributed by atoms with Crippen molar-refractivity contribution in [2.45, 2.75) is 18.1 Å². The predicted molar refractivity (Wildman–Crippen MR) is 68.1 cm³/mol. The van der Waals surface area contributed by atoms with Gasteiger partial charge in [0.05, 0.1) is 0 Å². The number of benzene rings is 1. The van der Waals surface area contributed by atoms with Crippen molar-refractivity contribution in [1.82, 2.24) is 0 Å². The highest BCUT2D eigenvalue weighted by molar-refractivity contribution is 6.31. The van der Waals surface area contributed by atoms with Crippen LogP contribution in [-0.4, -0.2) is 18.8 Å². The zero-order valence-corrected chi connectivity index (χ0v) is 10.3. The summed E-state index contributed by atoms with van der Waals surface area (Å²) in [5, 5.41) is 0.450. The minimum absolute atomic E-state index is 0.0184. The summed E-state index contributed by atoms with van der Waals surface area (Å²) >= 11 is 6.16. The summed E-state index contributed by atoms with van der Waals surface area (Å²) in [5.74, 6) is -0.0194. The summed E-state index contributed by atoms with van der Waals surface area (Å²) in [6.07, 6.45) is 0.676. The van der Waals surface area contributed by atoms with Crippen LogP contribution >= 0.6 is 11.6 Å². The van der Waals surface area contributed by atoms with Crippen molar-refractivity contribution in [1.29, 1.82) is 0 Å². The number of nitrogens with two attached hydrogens (primary N) is 2. The summed E-state index contributed by atoms with van der Waals surface area (Å²) in [5.41, 5.74) is 11.4. The molecule has 0 aromatic heterocycles. The molecule has 96 valence electrons. The van der Waals surface area contributed by atoms with Gasteiger partial charge in [-0.3, -0.25) is 0 Å². The second-order valence-electron chi connectivity index (χ2n) is 4.75. The van der Waals surface area contributed by atoms with Crippen molar-refractivity contribution < 1.29 is 9.13 Å². The Bertz CT molecular complexity index is 536. The maximum atomic E-state index is 13.7. The quantitative estimate of drug-likeness (QED) is 0.805. The number of nitrogens with zero attached hydrogens (tertiary/aromatic N) is 1. The van der Waals surface area contributed by atoms with E-state index in [1.54, 1.807) is 18.2 Å². The number of alkyl halides is 1. The Kier molecular flexibility index (Phi) is 2.41. The van der Waals surface area contributed by atoms with Gasteiger partial charge in [0, 0.05) is 22.2 Å². The lowest BCUT2D eigenvalue weighted by Crippen LogP contribution is -2.39. The predicted octanol–water partition coefficient (Wildman–Crippen LogP) is 1.82. The van der Waals surface area contributed by atoms with Gasteiger partial charge in [-0.05, 0) is 24.6 Å². The molecule has 4 nitrogen and oxygen atoms in total. The molecule has 0 unspecified atom stereocenters. The van der Waals surface area contributed by atoms with E-state index >= 15 is 0 Å². The van der Waals surface area contributed by atoms with E-state index in [1.807, 2.05) is 0 Å². The molecule has 1 aromatic rings. The summed E-state index contributed by atoms with van der Waals surface area (Å²) in [4.78, 5) is 4.18. The van der Waals surface area contributed by atoms with Crippen LogP contribution in [0.2, 0.25) is 5.02 Å². The minimum atomic E-state index is -1.04. The number of amidine groups is 1. The molecule has 1 heterocycles. The van der Waals surface area contributed by atoms with E-state index in [2.05, 4.69) is 4.99 Å². The van der Waals surface area contributed by atoms with Gasteiger partial charge < -0.3 is 16.2 Å². The van der Waals surface area contributed by atoms with Gasteiger partial charge >= 0.3 is 0 Å².